The summed E-state index contributed by atoms with van der Waals surface area (Å²) >= 11 is 0. The van der Waals surface area contributed by atoms with Crippen LogP contribution in [0.15, 0.2) is 60.8 Å². The number of esters is 3. The van der Waals surface area contributed by atoms with E-state index in [9.17, 15) is 14.4 Å². The van der Waals surface area contributed by atoms with Gasteiger partial charge < -0.3 is 14.2 Å². The Morgan fingerprint density at radius 3 is 0.803 bits per heavy atom. The molecule has 0 aliphatic carbocycles. The highest BCUT2D eigenvalue weighted by atomic mass is 16.6. The van der Waals surface area contributed by atoms with Crippen LogP contribution in [-0.2, 0) is 28.6 Å². The maximum atomic E-state index is 12.9. The van der Waals surface area contributed by atoms with Gasteiger partial charge >= 0.3 is 17.9 Å². The van der Waals surface area contributed by atoms with E-state index < -0.39 is 6.10 Å². The first-order valence-corrected chi connectivity index (χ1v) is 33.3. The maximum absolute atomic E-state index is 12.9. The summed E-state index contributed by atoms with van der Waals surface area (Å²) in [4.78, 5) is 38.1. The number of hydrogen-bond acceptors (Lipinski definition) is 6. The van der Waals surface area contributed by atoms with E-state index in [1.54, 1.807) is 0 Å². The molecule has 0 aliphatic rings. The molecule has 0 aromatic rings. The van der Waals surface area contributed by atoms with E-state index in [4.69, 9.17) is 14.2 Å². The molecule has 0 bridgehead atoms. The van der Waals surface area contributed by atoms with E-state index in [1.165, 1.54) is 218 Å². The molecule has 76 heavy (non-hydrogen) atoms. The van der Waals surface area contributed by atoms with Crippen molar-refractivity contribution in [2.24, 2.45) is 0 Å². The smallest absolute Gasteiger partial charge is 0.306 e. The van der Waals surface area contributed by atoms with E-state index in [2.05, 4.69) is 81.5 Å². The van der Waals surface area contributed by atoms with Crippen LogP contribution in [0, 0.1) is 0 Å². The highest BCUT2D eigenvalue weighted by Gasteiger charge is 2.19. The summed E-state index contributed by atoms with van der Waals surface area (Å²) in [6.07, 6.45) is 82.6. The molecule has 0 aromatic carbocycles. The summed E-state index contributed by atoms with van der Waals surface area (Å²) in [6.45, 7) is 6.55. The van der Waals surface area contributed by atoms with Crippen molar-refractivity contribution in [2.75, 3.05) is 13.2 Å². The molecule has 0 aromatic heterocycles. The van der Waals surface area contributed by atoms with Gasteiger partial charge in [-0.15, -0.1) is 0 Å². The lowest BCUT2D eigenvalue weighted by molar-refractivity contribution is -0.167. The summed E-state index contributed by atoms with van der Waals surface area (Å²) in [6, 6.07) is 0. The Morgan fingerprint density at radius 1 is 0.276 bits per heavy atom. The monoisotopic (exact) mass is 1060 g/mol. The highest BCUT2D eigenvalue weighted by Crippen LogP contribution is 2.18. The summed E-state index contributed by atoms with van der Waals surface area (Å²) in [5.74, 6) is -0.849. The van der Waals surface area contributed by atoms with E-state index >= 15 is 0 Å². The lowest BCUT2D eigenvalue weighted by Gasteiger charge is -2.18. The lowest BCUT2D eigenvalue weighted by atomic mass is 10.0. The lowest BCUT2D eigenvalue weighted by Crippen LogP contribution is -2.30. The highest BCUT2D eigenvalue weighted by molar-refractivity contribution is 5.71. The van der Waals surface area contributed by atoms with Gasteiger partial charge in [0.1, 0.15) is 13.2 Å². The molecular formula is C70H126O6. The van der Waals surface area contributed by atoms with Crippen LogP contribution < -0.4 is 0 Å². The number of ether oxygens (including phenoxy) is 3. The normalized spacial score (nSPS) is 12.4. The molecule has 0 radical (unpaired) electrons. The molecule has 6 nitrogen and oxygen atoms in total. The predicted molar refractivity (Wildman–Crippen MR) is 330 cm³/mol. The van der Waals surface area contributed by atoms with Gasteiger partial charge in [-0.25, -0.2) is 0 Å². The Hall–Kier alpha value is -2.89. The molecule has 6 heteroatoms. The molecule has 0 fully saturated rings. The van der Waals surface area contributed by atoms with Gasteiger partial charge in [0.15, 0.2) is 6.10 Å². The quantitative estimate of drug-likeness (QED) is 0.0261. The van der Waals surface area contributed by atoms with Gasteiger partial charge in [0, 0.05) is 19.3 Å². The third-order valence-corrected chi connectivity index (χ3v) is 14.8. The summed E-state index contributed by atoms with van der Waals surface area (Å²) in [7, 11) is 0. The Morgan fingerprint density at radius 2 is 0.513 bits per heavy atom. The van der Waals surface area contributed by atoms with Crippen LogP contribution >= 0.6 is 0 Å². The van der Waals surface area contributed by atoms with E-state index in [1.807, 2.05) is 0 Å². The van der Waals surface area contributed by atoms with Crippen molar-refractivity contribution < 1.29 is 28.6 Å². The molecule has 0 N–H and O–H groups in total. The fourth-order valence-corrected chi connectivity index (χ4v) is 9.83. The first kappa shape index (κ1) is 73.1. The van der Waals surface area contributed by atoms with Gasteiger partial charge in [-0.2, -0.15) is 0 Å². The molecular weight excluding hydrogens is 937 g/mol. The minimum Gasteiger partial charge on any atom is -0.462 e. The van der Waals surface area contributed by atoms with Crippen LogP contribution in [0.4, 0.5) is 0 Å². The standard InChI is InChI=1S/C70H126O6/c1-4-7-10-13-16-19-21-23-25-27-28-29-30-31-32-33-34-35-36-37-38-39-40-41-42-44-45-47-49-51-54-57-60-63-69(72)75-66-67(65-74-68(71)62-59-56-53-18-15-12-9-6-3)76-70(73)64-61-58-55-52-50-48-46-43-26-24-22-20-17-14-11-8-5-2/h7,10,16,19,23,25,28-29,31-32,67H,4-6,8-9,11-15,17-18,20-22,24,26-27,30,33-66H2,1-3H3/b10-7-,19-16-,25-23-,29-28-,32-31-. The molecule has 0 saturated heterocycles. The van der Waals surface area contributed by atoms with Crippen LogP contribution in [-0.4, -0.2) is 37.2 Å². The number of carbonyl (C=O) groups excluding carboxylic acids is 3. The van der Waals surface area contributed by atoms with Gasteiger partial charge in [-0.1, -0.05) is 326 Å². The number of unbranched alkanes of at least 4 members (excludes halogenated alkanes) is 40. The second kappa shape index (κ2) is 64.6. The third-order valence-electron chi connectivity index (χ3n) is 14.8. The first-order chi connectivity index (χ1) is 37.5. The topological polar surface area (TPSA) is 78.9 Å². The maximum Gasteiger partial charge on any atom is 0.306 e. The van der Waals surface area contributed by atoms with Crippen molar-refractivity contribution in [1.29, 1.82) is 0 Å². The van der Waals surface area contributed by atoms with Crippen molar-refractivity contribution in [3.63, 3.8) is 0 Å². The van der Waals surface area contributed by atoms with Crippen LogP contribution in [0.1, 0.15) is 348 Å². The first-order valence-electron chi connectivity index (χ1n) is 33.3. The Balaban J connectivity index is 4.03. The molecule has 0 heterocycles. The van der Waals surface area contributed by atoms with Gasteiger partial charge in [-0.05, 0) is 64.2 Å². The molecule has 0 spiro atoms. The van der Waals surface area contributed by atoms with Crippen molar-refractivity contribution in [1.82, 2.24) is 0 Å². The average Bonchev–Trinajstić information content (AvgIpc) is 3.42. The van der Waals surface area contributed by atoms with Crippen molar-refractivity contribution in [2.45, 2.75) is 354 Å². The second-order valence-corrected chi connectivity index (χ2v) is 22.4. The average molecular weight is 1060 g/mol. The van der Waals surface area contributed by atoms with E-state index in [-0.39, 0.29) is 31.1 Å². The third kappa shape index (κ3) is 62.0. The number of allylic oxidation sites excluding steroid dienone is 10. The molecule has 442 valence electrons. The molecule has 0 rings (SSSR count). The molecule has 0 saturated carbocycles. The van der Waals surface area contributed by atoms with Gasteiger partial charge in [0.25, 0.3) is 0 Å². The van der Waals surface area contributed by atoms with Gasteiger partial charge in [0.05, 0.1) is 0 Å². The summed E-state index contributed by atoms with van der Waals surface area (Å²) in [5, 5.41) is 0. The van der Waals surface area contributed by atoms with Crippen molar-refractivity contribution in [3.8, 4) is 0 Å². The molecule has 1 atom stereocenters. The fourth-order valence-electron chi connectivity index (χ4n) is 9.83. The molecule has 1 unspecified atom stereocenters. The summed E-state index contributed by atoms with van der Waals surface area (Å²) in [5.41, 5.74) is 0. The van der Waals surface area contributed by atoms with Crippen molar-refractivity contribution >= 4 is 17.9 Å². The summed E-state index contributed by atoms with van der Waals surface area (Å²) < 4.78 is 16.9. The minimum atomic E-state index is -0.767. The SMILES string of the molecule is CC/C=C\C/C=C\C/C=C\C/C=C\C/C=C\CCCCCCCCCCCCCCCCCCCC(=O)OCC(COC(=O)CCCCCCCCCC)OC(=O)CCCCCCCCCCCCCCCCCCC. The minimum absolute atomic E-state index is 0.0672. The van der Waals surface area contributed by atoms with Gasteiger partial charge in [0.2, 0.25) is 0 Å². The Labute approximate surface area is 472 Å². The van der Waals surface area contributed by atoms with Crippen LogP contribution in [0.3, 0.4) is 0 Å². The van der Waals surface area contributed by atoms with E-state index in [0.29, 0.717) is 19.3 Å². The zero-order chi connectivity index (χ0) is 55.0. The Kier molecular flexibility index (Phi) is 62.2. The number of rotatable bonds is 61. The molecule has 0 amide bonds. The zero-order valence-electron chi connectivity index (χ0n) is 50.8. The molecule has 0 aliphatic heterocycles. The van der Waals surface area contributed by atoms with Crippen LogP contribution in [0.25, 0.3) is 0 Å². The van der Waals surface area contributed by atoms with Crippen LogP contribution in [0.2, 0.25) is 0 Å². The zero-order valence-corrected chi connectivity index (χ0v) is 50.8. The van der Waals surface area contributed by atoms with Gasteiger partial charge in [-0.3, -0.25) is 14.4 Å². The largest absolute Gasteiger partial charge is 0.462 e. The van der Waals surface area contributed by atoms with Crippen molar-refractivity contribution in [3.05, 3.63) is 60.8 Å². The number of hydrogen-bond donors (Lipinski definition) is 0. The second-order valence-electron chi connectivity index (χ2n) is 22.4. The van der Waals surface area contributed by atoms with E-state index in [0.717, 1.165) is 89.9 Å². The Bertz CT molecular complexity index is 1360. The van der Waals surface area contributed by atoms with Crippen LogP contribution in [0.5, 0.6) is 0 Å². The predicted octanol–water partition coefficient (Wildman–Crippen LogP) is 22.7. The number of carbonyl (C=O) groups is 3. The fraction of sp³-hybridized carbons (Fsp3) is 0.814.